The van der Waals surface area contributed by atoms with E-state index in [-0.39, 0.29) is 5.97 Å². The highest BCUT2D eigenvalue weighted by Crippen LogP contribution is 1.85. The molecule has 4 nitrogen and oxygen atoms in total. The van der Waals surface area contributed by atoms with Gasteiger partial charge in [-0.1, -0.05) is 0 Å². The fourth-order valence-corrected chi connectivity index (χ4v) is 0.735. The van der Waals surface area contributed by atoms with Crippen LogP contribution >= 0.6 is 0 Å². The minimum atomic E-state index is -0.184. The molecule has 0 amide bonds. The molecule has 72 valence electrons. The van der Waals surface area contributed by atoms with E-state index in [9.17, 15) is 4.79 Å². The number of esters is 1. The second-order valence-corrected chi connectivity index (χ2v) is 3.12. The first-order chi connectivity index (χ1) is 5.56. The van der Waals surface area contributed by atoms with Gasteiger partial charge in [0.2, 0.25) is 0 Å². The van der Waals surface area contributed by atoms with Crippen LogP contribution in [0.15, 0.2) is 0 Å². The number of rotatable bonds is 5. The van der Waals surface area contributed by atoms with Gasteiger partial charge in [0.05, 0.1) is 13.7 Å². The fourth-order valence-electron chi connectivity index (χ4n) is 0.735. The molecule has 0 fully saturated rings. The molecular formula is C8H18N2O2. The number of methoxy groups -OCH3 is 1. The van der Waals surface area contributed by atoms with E-state index >= 15 is 0 Å². The monoisotopic (exact) mass is 174 g/mol. The first-order valence-electron chi connectivity index (χ1n) is 3.96. The van der Waals surface area contributed by atoms with Gasteiger partial charge >= 0.3 is 5.97 Å². The Morgan fingerprint density at radius 3 is 2.25 bits per heavy atom. The molecule has 0 aliphatic heterocycles. The van der Waals surface area contributed by atoms with Gasteiger partial charge in [0, 0.05) is 13.1 Å². The summed E-state index contributed by atoms with van der Waals surface area (Å²) >= 11 is 0. The topological polar surface area (TPSA) is 32.8 Å². The maximum atomic E-state index is 10.8. The standard InChI is InChI=1S/C8H18N2O2/c1-9(2)5-6-10(3)7-8(11)12-4/h5-7H2,1-4H3. The number of carbonyl (C=O) groups is 1. The molecule has 0 bridgehead atoms. The lowest BCUT2D eigenvalue weighted by Crippen LogP contribution is -2.32. The molecule has 0 aliphatic carbocycles. The number of hydrogen-bond donors (Lipinski definition) is 0. The fraction of sp³-hybridized carbons (Fsp3) is 0.875. The Morgan fingerprint density at radius 1 is 1.25 bits per heavy atom. The van der Waals surface area contributed by atoms with Crippen LogP contribution in [0.5, 0.6) is 0 Å². The molecule has 4 heteroatoms. The van der Waals surface area contributed by atoms with E-state index in [1.165, 1.54) is 7.11 Å². The van der Waals surface area contributed by atoms with Gasteiger partial charge in [-0.05, 0) is 21.1 Å². The minimum Gasteiger partial charge on any atom is -0.468 e. The number of likely N-dealkylation sites (N-methyl/N-ethyl adjacent to an activating group) is 2. The third kappa shape index (κ3) is 6.12. The van der Waals surface area contributed by atoms with E-state index in [2.05, 4.69) is 9.64 Å². The summed E-state index contributed by atoms with van der Waals surface area (Å²) in [6.45, 7) is 2.19. The van der Waals surface area contributed by atoms with Crippen molar-refractivity contribution in [2.24, 2.45) is 0 Å². The van der Waals surface area contributed by atoms with Crippen LogP contribution in [0.3, 0.4) is 0 Å². The van der Waals surface area contributed by atoms with Crippen LogP contribution in [0, 0.1) is 0 Å². The van der Waals surface area contributed by atoms with Crippen LogP contribution in [0.2, 0.25) is 0 Å². The zero-order valence-corrected chi connectivity index (χ0v) is 8.33. The molecule has 0 saturated heterocycles. The Morgan fingerprint density at radius 2 is 1.83 bits per heavy atom. The van der Waals surface area contributed by atoms with Gasteiger partial charge in [0.15, 0.2) is 0 Å². The van der Waals surface area contributed by atoms with E-state index in [4.69, 9.17) is 0 Å². The predicted molar refractivity (Wildman–Crippen MR) is 48.1 cm³/mol. The van der Waals surface area contributed by atoms with Crippen molar-refractivity contribution < 1.29 is 9.53 Å². The maximum Gasteiger partial charge on any atom is 0.319 e. The third-order valence-corrected chi connectivity index (χ3v) is 1.56. The molecule has 0 N–H and O–H groups in total. The second kappa shape index (κ2) is 5.97. The number of nitrogens with zero attached hydrogens (tertiary/aromatic N) is 2. The molecule has 0 rings (SSSR count). The first-order valence-corrected chi connectivity index (χ1v) is 3.96. The number of ether oxygens (including phenoxy) is 1. The highest BCUT2D eigenvalue weighted by molar-refractivity contribution is 5.71. The van der Waals surface area contributed by atoms with Crippen LogP contribution in [0.4, 0.5) is 0 Å². The van der Waals surface area contributed by atoms with E-state index in [1.807, 2.05) is 26.0 Å². The molecular weight excluding hydrogens is 156 g/mol. The van der Waals surface area contributed by atoms with Gasteiger partial charge in [0.1, 0.15) is 0 Å². The normalized spacial score (nSPS) is 10.8. The summed E-state index contributed by atoms with van der Waals surface area (Å²) in [6, 6.07) is 0. The molecule has 0 atom stereocenters. The molecule has 0 aromatic heterocycles. The predicted octanol–water partition coefficient (Wildman–Crippen LogP) is -0.347. The Balaban J connectivity index is 3.45. The Labute approximate surface area is 74.1 Å². The van der Waals surface area contributed by atoms with Gasteiger partial charge in [-0.3, -0.25) is 9.69 Å². The molecule has 12 heavy (non-hydrogen) atoms. The summed E-state index contributed by atoms with van der Waals surface area (Å²) in [5, 5.41) is 0. The molecule has 0 aliphatic rings. The van der Waals surface area contributed by atoms with Crippen molar-refractivity contribution in [3.63, 3.8) is 0 Å². The van der Waals surface area contributed by atoms with Crippen molar-refractivity contribution in [3.05, 3.63) is 0 Å². The van der Waals surface area contributed by atoms with Crippen LogP contribution in [0.25, 0.3) is 0 Å². The summed E-state index contributed by atoms with van der Waals surface area (Å²) in [5.41, 5.74) is 0. The Bertz CT molecular complexity index is 137. The van der Waals surface area contributed by atoms with Crippen LogP contribution in [0.1, 0.15) is 0 Å². The van der Waals surface area contributed by atoms with Crippen LogP contribution in [-0.2, 0) is 9.53 Å². The molecule has 0 spiro atoms. The van der Waals surface area contributed by atoms with Crippen molar-refractivity contribution in [3.8, 4) is 0 Å². The number of carbonyl (C=O) groups excluding carboxylic acids is 1. The minimum absolute atomic E-state index is 0.184. The summed E-state index contributed by atoms with van der Waals surface area (Å²) in [4.78, 5) is 14.8. The molecule has 0 saturated carbocycles. The highest BCUT2D eigenvalue weighted by atomic mass is 16.5. The van der Waals surface area contributed by atoms with Crippen molar-refractivity contribution in [2.75, 3.05) is 47.9 Å². The lowest BCUT2D eigenvalue weighted by molar-refractivity contribution is -0.141. The highest BCUT2D eigenvalue weighted by Gasteiger charge is 2.05. The third-order valence-electron chi connectivity index (χ3n) is 1.56. The summed E-state index contributed by atoms with van der Waals surface area (Å²) < 4.78 is 4.53. The van der Waals surface area contributed by atoms with E-state index in [1.54, 1.807) is 0 Å². The number of hydrogen-bond acceptors (Lipinski definition) is 4. The Kier molecular flexibility index (Phi) is 5.66. The van der Waals surface area contributed by atoms with Crippen molar-refractivity contribution in [1.82, 2.24) is 9.80 Å². The Hall–Kier alpha value is -0.610. The summed E-state index contributed by atoms with van der Waals surface area (Å²) in [5.74, 6) is -0.184. The quantitative estimate of drug-likeness (QED) is 0.533. The average Bonchev–Trinajstić information content (AvgIpc) is 2.00. The van der Waals surface area contributed by atoms with E-state index < -0.39 is 0 Å². The van der Waals surface area contributed by atoms with Gasteiger partial charge in [-0.25, -0.2) is 0 Å². The van der Waals surface area contributed by atoms with E-state index in [0.717, 1.165) is 13.1 Å². The average molecular weight is 174 g/mol. The van der Waals surface area contributed by atoms with Crippen molar-refractivity contribution in [1.29, 1.82) is 0 Å². The smallest absolute Gasteiger partial charge is 0.319 e. The maximum absolute atomic E-state index is 10.8. The van der Waals surface area contributed by atoms with Crippen molar-refractivity contribution >= 4 is 5.97 Å². The first kappa shape index (κ1) is 11.4. The van der Waals surface area contributed by atoms with Crippen molar-refractivity contribution in [2.45, 2.75) is 0 Å². The lowest BCUT2D eigenvalue weighted by atomic mass is 10.5. The molecule has 0 aromatic carbocycles. The summed E-state index contributed by atoms with van der Waals surface area (Å²) in [7, 11) is 7.32. The van der Waals surface area contributed by atoms with Gasteiger partial charge in [0.25, 0.3) is 0 Å². The second-order valence-electron chi connectivity index (χ2n) is 3.12. The zero-order chi connectivity index (χ0) is 9.56. The molecule has 0 aromatic rings. The van der Waals surface area contributed by atoms with E-state index in [0.29, 0.717) is 6.54 Å². The lowest BCUT2D eigenvalue weighted by Gasteiger charge is -2.17. The zero-order valence-electron chi connectivity index (χ0n) is 8.33. The largest absolute Gasteiger partial charge is 0.468 e. The van der Waals surface area contributed by atoms with Gasteiger partial charge < -0.3 is 9.64 Å². The molecule has 0 unspecified atom stereocenters. The molecule has 0 heterocycles. The SMILES string of the molecule is COC(=O)CN(C)CCN(C)C. The molecule has 0 radical (unpaired) electrons. The van der Waals surface area contributed by atoms with Crippen LogP contribution in [-0.4, -0.2) is 63.7 Å². The van der Waals surface area contributed by atoms with Crippen LogP contribution < -0.4 is 0 Å². The van der Waals surface area contributed by atoms with Gasteiger partial charge in [-0.15, -0.1) is 0 Å². The summed E-state index contributed by atoms with van der Waals surface area (Å²) in [6.07, 6.45) is 0. The van der Waals surface area contributed by atoms with Gasteiger partial charge in [-0.2, -0.15) is 0 Å².